The summed E-state index contributed by atoms with van der Waals surface area (Å²) in [6.07, 6.45) is 6.86. The third-order valence-corrected chi connectivity index (χ3v) is 7.92. The molecule has 0 aliphatic heterocycles. The monoisotopic (exact) mass is 524 g/mol. The molecule has 3 aromatic rings. The summed E-state index contributed by atoms with van der Waals surface area (Å²) >= 11 is 13.0. The van der Waals surface area contributed by atoms with Crippen LogP contribution in [0.4, 0.5) is 0 Å². The van der Waals surface area contributed by atoms with Crippen LogP contribution in [0, 0.1) is 0 Å². The zero-order valence-electron chi connectivity index (χ0n) is 20.8. The molecule has 0 bridgehead atoms. The number of hydrogen-bond acceptors (Lipinski definition) is 2. The number of carbonyl (C=O) groups is 2. The summed E-state index contributed by atoms with van der Waals surface area (Å²) in [7, 11) is 0. The number of amides is 2. The highest BCUT2D eigenvalue weighted by molar-refractivity contribution is 6.36. The highest BCUT2D eigenvalue weighted by Crippen LogP contribution is 2.28. The minimum absolute atomic E-state index is 0.0791. The van der Waals surface area contributed by atoms with E-state index in [2.05, 4.69) is 29.6 Å². The van der Waals surface area contributed by atoms with E-state index < -0.39 is 6.04 Å². The summed E-state index contributed by atoms with van der Waals surface area (Å²) in [5, 5.41) is 6.52. The second-order valence-corrected chi connectivity index (χ2v) is 10.4. The van der Waals surface area contributed by atoms with Crippen LogP contribution in [0.1, 0.15) is 63.0 Å². The third-order valence-electron chi connectivity index (χ3n) is 7.22. The van der Waals surface area contributed by atoms with E-state index in [1.54, 1.807) is 23.1 Å². The van der Waals surface area contributed by atoms with Gasteiger partial charge in [-0.1, -0.05) is 97.9 Å². The van der Waals surface area contributed by atoms with Gasteiger partial charge in [-0.05, 0) is 54.2 Å². The third kappa shape index (κ3) is 6.41. The fourth-order valence-electron chi connectivity index (χ4n) is 5.21. The molecule has 1 unspecified atom stereocenters. The van der Waals surface area contributed by atoms with Crippen LogP contribution in [0.5, 0.6) is 0 Å². The van der Waals surface area contributed by atoms with Crippen molar-refractivity contribution >= 4 is 45.8 Å². The van der Waals surface area contributed by atoms with Crippen molar-refractivity contribution in [2.75, 3.05) is 0 Å². The Morgan fingerprint density at radius 2 is 1.61 bits per heavy atom. The quantitative estimate of drug-likeness (QED) is 0.318. The van der Waals surface area contributed by atoms with Crippen molar-refractivity contribution in [3.8, 4) is 0 Å². The van der Waals surface area contributed by atoms with E-state index in [0.29, 0.717) is 34.9 Å². The van der Waals surface area contributed by atoms with Gasteiger partial charge in [-0.2, -0.15) is 0 Å². The Labute approximate surface area is 224 Å². The average Bonchev–Trinajstić information content (AvgIpc) is 2.89. The Kier molecular flexibility index (Phi) is 9.28. The minimum Gasteiger partial charge on any atom is -0.352 e. The molecule has 1 fully saturated rings. The molecule has 0 spiro atoms. The number of halogens is 2. The Balaban J connectivity index is 1.57. The van der Waals surface area contributed by atoms with Crippen LogP contribution in [0.3, 0.4) is 0 Å². The molecule has 6 heteroatoms. The maximum Gasteiger partial charge on any atom is 0.243 e. The molecule has 3 aromatic carbocycles. The predicted octanol–water partition coefficient (Wildman–Crippen LogP) is 7.34. The van der Waals surface area contributed by atoms with E-state index in [0.717, 1.165) is 42.0 Å². The number of hydrogen-bond donors (Lipinski definition) is 1. The van der Waals surface area contributed by atoms with Crippen molar-refractivity contribution in [2.45, 2.75) is 76.9 Å². The lowest BCUT2D eigenvalue weighted by Gasteiger charge is -2.33. The Morgan fingerprint density at radius 3 is 2.33 bits per heavy atom. The van der Waals surface area contributed by atoms with Gasteiger partial charge in [0.1, 0.15) is 6.04 Å². The Morgan fingerprint density at radius 1 is 0.944 bits per heavy atom. The summed E-state index contributed by atoms with van der Waals surface area (Å²) < 4.78 is 0. The first kappa shape index (κ1) is 26.5. The maximum atomic E-state index is 13.7. The topological polar surface area (TPSA) is 49.4 Å². The van der Waals surface area contributed by atoms with E-state index in [1.165, 1.54) is 6.42 Å². The maximum absolute atomic E-state index is 13.7. The molecule has 1 saturated carbocycles. The van der Waals surface area contributed by atoms with Gasteiger partial charge in [0.2, 0.25) is 11.8 Å². The Bertz CT molecular complexity index is 1180. The fourth-order valence-corrected chi connectivity index (χ4v) is 5.73. The van der Waals surface area contributed by atoms with E-state index in [1.807, 2.05) is 25.1 Å². The van der Waals surface area contributed by atoms with Gasteiger partial charge in [0.25, 0.3) is 0 Å². The molecule has 4 rings (SSSR count). The van der Waals surface area contributed by atoms with Gasteiger partial charge in [0.05, 0.1) is 0 Å². The van der Waals surface area contributed by atoms with Crippen molar-refractivity contribution < 1.29 is 9.59 Å². The number of carbonyl (C=O) groups excluding carboxylic acids is 2. The van der Waals surface area contributed by atoms with Crippen molar-refractivity contribution in [3.63, 3.8) is 0 Å². The second-order valence-electron chi connectivity index (χ2n) is 9.63. The molecule has 1 aliphatic rings. The first-order chi connectivity index (χ1) is 17.5. The molecule has 1 atom stereocenters. The van der Waals surface area contributed by atoms with Gasteiger partial charge in [0, 0.05) is 34.6 Å². The molecule has 0 saturated heterocycles. The second kappa shape index (κ2) is 12.6. The lowest BCUT2D eigenvalue weighted by molar-refractivity contribution is -0.141. The number of aryl methyl sites for hydroxylation is 1. The van der Waals surface area contributed by atoms with E-state index in [-0.39, 0.29) is 24.4 Å². The van der Waals surface area contributed by atoms with Crippen LogP contribution in [0.25, 0.3) is 10.8 Å². The molecule has 1 N–H and O–H groups in total. The van der Waals surface area contributed by atoms with Crippen LogP contribution in [0.15, 0.2) is 60.7 Å². The molecule has 0 radical (unpaired) electrons. The van der Waals surface area contributed by atoms with Crippen molar-refractivity contribution in [1.29, 1.82) is 0 Å². The number of nitrogens with zero attached hydrogens (tertiary/aromatic N) is 1. The van der Waals surface area contributed by atoms with Crippen molar-refractivity contribution in [3.05, 3.63) is 81.8 Å². The Hall–Kier alpha value is -2.56. The molecule has 2 amide bonds. The smallest absolute Gasteiger partial charge is 0.243 e. The van der Waals surface area contributed by atoms with Crippen LogP contribution >= 0.6 is 23.2 Å². The van der Waals surface area contributed by atoms with Gasteiger partial charge in [-0.3, -0.25) is 9.59 Å². The summed E-state index contributed by atoms with van der Waals surface area (Å²) in [6, 6.07) is 19.3. The highest BCUT2D eigenvalue weighted by Gasteiger charge is 2.31. The molecule has 36 heavy (non-hydrogen) atoms. The summed E-state index contributed by atoms with van der Waals surface area (Å²) in [6.45, 7) is 2.15. The highest BCUT2D eigenvalue weighted by atomic mass is 35.5. The first-order valence-electron chi connectivity index (χ1n) is 13.0. The lowest BCUT2D eigenvalue weighted by atomic mass is 9.95. The zero-order chi connectivity index (χ0) is 25.5. The molecule has 4 nitrogen and oxygen atoms in total. The van der Waals surface area contributed by atoms with Crippen molar-refractivity contribution in [1.82, 2.24) is 10.2 Å². The number of benzene rings is 3. The normalized spacial score (nSPS) is 15.0. The number of rotatable bonds is 9. The molecule has 190 valence electrons. The number of fused-ring (bicyclic) bond motifs is 1. The lowest BCUT2D eigenvalue weighted by Crippen LogP contribution is -2.51. The largest absolute Gasteiger partial charge is 0.352 e. The SMILES string of the molecule is CCC(C(=O)NC1CCCCC1)N(Cc1c(Cl)cccc1Cl)C(=O)CCc1cccc2ccccc12. The van der Waals surface area contributed by atoms with Crippen molar-refractivity contribution in [2.24, 2.45) is 0 Å². The fraction of sp³-hybridized carbons (Fsp3) is 0.400. The molecular formula is C30H34Cl2N2O2. The van der Waals surface area contributed by atoms with Gasteiger partial charge in [-0.25, -0.2) is 0 Å². The van der Waals surface area contributed by atoms with Crippen LogP contribution in [0.2, 0.25) is 10.0 Å². The molecule has 1 aliphatic carbocycles. The van der Waals surface area contributed by atoms with Crippen LogP contribution < -0.4 is 5.32 Å². The standard InChI is InChI=1S/C30H34Cl2N2O2/c1-2-28(30(36)33-23-13-4-3-5-14-23)34(20-25-26(31)16-9-17-27(25)32)29(35)19-18-22-12-8-11-21-10-6-7-15-24(21)22/h6-12,15-17,23,28H,2-5,13-14,18-20H2,1H3,(H,33,36). The van der Waals surface area contributed by atoms with E-state index >= 15 is 0 Å². The summed E-state index contributed by atoms with van der Waals surface area (Å²) in [5.74, 6) is -0.171. The zero-order valence-corrected chi connectivity index (χ0v) is 22.3. The molecule has 0 heterocycles. The van der Waals surface area contributed by atoms with Gasteiger partial charge < -0.3 is 10.2 Å². The van der Waals surface area contributed by atoms with E-state index in [4.69, 9.17) is 23.2 Å². The minimum atomic E-state index is -0.584. The predicted molar refractivity (Wildman–Crippen MR) is 148 cm³/mol. The van der Waals surface area contributed by atoms with Crippen LogP contribution in [-0.2, 0) is 22.6 Å². The summed E-state index contributed by atoms with van der Waals surface area (Å²) in [4.78, 5) is 28.8. The molecule has 0 aromatic heterocycles. The number of nitrogens with one attached hydrogen (secondary N) is 1. The van der Waals surface area contributed by atoms with Gasteiger partial charge in [-0.15, -0.1) is 0 Å². The average molecular weight is 526 g/mol. The van der Waals surface area contributed by atoms with Crippen LogP contribution in [-0.4, -0.2) is 28.8 Å². The first-order valence-corrected chi connectivity index (χ1v) is 13.7. The van der Waals surface area contributed by atoms with Gasteiger partial charge >= 0.3 is 0 Å². The molecular weight excluding hydrogens is 491 g/mol. The van der Waals surface area contributed by atoms with E-state index in [9.17, 15) is 9.59 Å². The summed E-state index contributed by atoms with van der Waals surface area (Å²) in [5.41, 5.74) is 1.79. The van der Waals surface area contributed by atoms with Gasteiger partial charge in [0.15, 0.2) is 0 Å².